The summed E-state index contributed by atoms with van der Waals surface area (Å²) in [5.41, 5.74) is 14.6. The molecule has 0 bridgehead atoms. The highest BCUT2D eigenvalue weighted by Gasteiger charge is 2.21. The number of nitrogens with two attached hydrogens (primary N) is 1. The van der Waals surface area contributed by atoms with E-state index in [1.807, 2.05) is 18.3 Å². The lowest BCUT2D eigenvalue weighted by molar-refractivity contribution is 0.642. The number of rotatable bonds is 10. The summed E-state index contributed by atoms with van der Waals surface area (Å²) in [6, 6.07) is 19.0. The van der Waals surface area contributed by atoms with E-state index in [2.05, 4.69) is 73.5 Å². The number of allylic oxidation sites excluding steroid dienone is 1. The lowest BCUT2D eigenvalue weighted by atomic mass is 9.86. The Morgan fingerprint density at radius 1 is 1.11 bits per heavy atom. The predicted octanol–water partition coefficient (Wildman–Crippen LogP) is 4.01. The third-order valence-electron chi connectivity index (χ3n) is 6.83. The van der Waals surface area contributed by atoms with Crippen LogP contribution in [0.1, 0.15) is 46.6 Å². The molecule has 184 valence electrons. The number of aryl methyl sites for hydroxylation is 1. The number of H-pyrrole nitrogens is 1. The predicted molar refractivity (Wildman–Crippen MR) is 144 cm³/mol. The quantitative estimate of drug-likeness (QED) is 0.218. The molecule has 8 heteroatoms. The molecule has 6 N–H and O–H groups in total. The Labute approximate surface area is 210 Å². The van der Waals surface area contributed by atoms with Crippen LogP contribution >= 0.6 is 0 Å². The second-order valence-electron chi connectivity index (χ2n) is 9.28. The average molecular weight is 481 g/mol. The molecule has 2 aromatic heterocycles. The van der Waals surface area contributed by atoms with Gasteiger partial charge in [0.2, 0.25) is 0 Å². The first-order valence-electron chi connectivity index (χ1n) is 12.5. The van der Waals surface area contributed by atoms with Crippen LogP contribution in [-0.2, 0) is 25.9 Å². The highest BCUT2D eigenvalue weighted by atomic mass is 15.3. The summed E-state index contributed by atoms with van der Waals surface area (Å²) >= 11 is 0. The van der Waals surface area contributed by atoms with Crippen LogP contribution in [0, 0.1) is 5.41 Å². The summed E-state index contributed by atoms with van der Waals surface area (Å²) < 4.78 is 0. The van der Waals surface area contributed by atoms with Crippen LogP contribution < -0.4 is 16.4 Å². The molecule has 0 radical (unpaired) electrons. The van der Waals surface area contributed by atoms with Crippen molar-refractivity contribution in [3.8, 4) is 0 Å². The molecule has 0 fully saturated rings. The van der Waals surface area contributed by atoms with Gasteiger partial charge in [-0.2, -0.15) is 0 Å². The summed E-state index contributed by atoms with van der Waals surface area (Å²) in [5.74, 6) is 0.351. The molecule has 0 saturated carbocycles. The second-order valence-corrected chi connectivity index (χ2v) is 9.28. The van der Waals surface area contributed by atoms with Crippen LogP contribution in [0.5, 0.6) is 0 Å². The summed E-state index contributed by atoms with van der Waals surface area (Å²) in [7, 11) is 0. The summed E-state index contributed by atoms with van der Waals surface area (Å²) in [6.45, 7) is 2.67. The zero-order valence-electron chi connectivity index (χ0n) is 20.3. The molecule has 1 atom stereocenters. The van der Waals surface area contributed by atoms with Crippen LogP contribution in [0.2, 0.25) is 0 Å². The molecule has 5 rings (SSSR count). The van der Waals surface area contributed by atoms with E-state index in [9.17, 15) is 0 Å². The van der Waals surface area contributed by atoms with Crippen molar-refractivity contribution in [3.05, 3.63) is 94.2 Å². The first-order valence-corrected chi connectivity index (χ1v) is 12.5. The Bertz CT molecular complexity index is 1360. The van der Waals surface area contributed by atoms with Gasteiger partial charge in [-0.15, -0.1) is 5.10 Å². The fraction of sp³-hybridized carbons (Fsp3) is 0.286. The molecule has 1 unspecified atom stereocenters. The molecule has 3 heterocycles. The number of nitrogen functional groups attached to an aromatic ring is 1. The van der Waals surface area contributed by atoms with Gasteiger partial charge in [-0.05, 0) is 71.7 Å². The normalized spacial score (nSPS) is 14.4. The second kappa shape index (κ2) is 11.1. The SMILES string of the molecule is N=C/C(=C\NCc1ccc2c(c1)CCNC2)C(CCCc1ccccc1)c1cc(N)nc2[nH]nnc12. The third-order valence-corrected chi connectivity index (χ3v) is 6.83. The number of pyridine rings is 1. The van der Waals surface area contributed by atoms with Crippen molar-refractivity contribution in [1.29, 1.82) is 5.41 Å². The molecule has 2 aromatic carbocycles. The van der Waals surface area contributed by atoms with E-state index in [0.717, 1.165) is 49.9 Å². The monoisotopic (exact) mass is 480 g/mol. The van der Waals surface area contributed by atoms with Gasteiger partial charge in [-0.25, -0.2) is 10.1 Å². The molecule has 1 aliphatic heterocycles. The Balaban J connectivity index is 1.37. The molecule has 0 saturated heterocycles. The van der Waals surface area contributed by atoms with E-state index in [-0.39, 0.29) is 5.92 Å². The number of hydrogen-bond donors (Lipinski definition) is 5. The Hall–Kier alpha value is -4.04. The average Bonchev–Trinajstić information content (AvgIpc) is 3.38. The highest BCUT2D eigenvalue weighted by Crippen LogP contribution is 2.33. The van der Waals surface area contributed by atoms with E-state index in [0.29, 0.717) is 23.5 Å². The van der Waals surface area contributed by atoms with Gasteiger partial charge < -0.3 is 21.8 Å². The topological polar surface area (TPSA) is 128 Å². The lowest BCUT2D eigenvalue weighted by Gasteiger charge is -2.20. The van der Waals surface area contributed by atoms with Gasteiger partial charge in [0.15, 0.2) is 5.65 Å². The van der Waals surface area contributed by atoms with E-state index in [1.54, 1.807) is 0 Å². The number of aromatic nitrogens is 4. The molecular weight excluding hydrogens is 448 g/mol. The Morgan fingerprint density at radius 3 is 2.86 bits per heavy atom. The molecule has 0 spiro atoms. The minimum Gasteiger partial charge on any atom is -0.387 e. The van der Waals surface area contributed by atoms with Gasteiger partial charge in [0.05, 0.1) is 0 Å². The van der Waals surface area contributed by atoms with Gasteiger partial charge >= 0.3 is 0 Å². The maximum Gasteiger partial charge on any atom is 0.178 e. The summed E-state index contributed by atoms with van der Waals surface area (Å²) in [6.07, 6.45) is 7.22. The Kier molecular flexibility index (Phi) is 7.33. The molecule has 8 nitrogen and oxygen atoms in total. The molecule has 1 aliphatic rings. The molecule has 0 amide bonds. The van der Waals surface area contributed by atoms with Crippen LogP contribution in [0.25, 0.3) is 11.2 Å². The van der Waals surface area contributed by atoms with Crippen molar-refractivity contribution in [2.75, 3.05) is 12.3 Å². The smallest absolute Gasteiger partial charge is 0.178 e. The zero-order chi connectivity index (χ0) is 24.7. The zero-order valence-corrected chi connectivity index (χ0v) is 20.3. The van der Waals surface area contributed by atoms with Crippen molar-refractivity contribution in [3.63, 3.8) is 0 Å². The van der Waals surface area contributed by atoms with Crippen molar-refractivity contribution < 1.29 is 0 Å². The molecule has 36 heavy (non-hydrogen) atoms. The molecule has 0 aliphatic carbocycles. The van der Waals surface area contributed by atoms with E-state index >= 15 is 0 Å². The van der Waals surface area contributed by atoms with Crippen molar-refractivity contribution >= 4 is 23.2 Å². The van der Waals surface area contributed by atoms with E-state index in [4.69, 9.17) is 11.1 Å². The van der Waals surface area contributed by atoms with Gasteiger partial charge in [0.1, 0.15) is 11.3 Å². The number of anilines is 1. The summed E-state index contributed by atoms with van der Waals surface area (Å²) in [5, 5.41) is 26.2. The van der Waals surface area contributed by atoms with Gasteiger partial charge in [-0.3, -0.25) is 0 Å². The lowest BCUT2D eigenvalue weighted by Crippen LogP contribution is -2.23. The van der Waals surface area contributed by atoms with Crippen LogP contribution in [-0.4, -0.2) is 33.2 Å². The van der Waals surface area contributed by atoms with Crippen molar-refractivity contribution in [1.82, 2.24) is 31.0 Å². The number of aromatic amines is 1. The van der Waals surface area contributed by atoms with Gasteiger partial charge in [0.25, 0.3) is 0 Å². The number of fused-ring (bicyclic) bond motifs is 2. The van der Waals surface area contributed by atoms with Gasteiger partial charge in [-0.1, -0.05) is 53.7 Å². The number of hydrogen-bond acceptors (Lipinski definition) is 7. The van der Waals surface area contributed by atoms with Crippen LogP contribution in [0.15, 0.2) is 66.4 Å². The van der Waals surface area contributed by atoms with Crippen molar-refractivity contribution in [2.45, 2.75) is 44.7 Å². The fourth-order valence-corrected chi connectivity index (χ4v) is 4.98. The first kappa shape index (κ1) is 23.7. The largest absolute Gasteiger partial charge is 0.387 e. The maximum absolute atomic E-state index is 8.24. The maximum atomic E-state index is 8.24. The van der Waals surface area contributed by atoms with Crippen LogP contribution in [0.3, 0.4) is 0 Å². The van der Waals surface area contributed by atoms with Gasteiger partial charge in [0, 0.05) is 31.4 Å². The standard InChI is InChI=1S/C28H32N8/c29-15-23(18-32-16-20-9-10-22-17-31-12-11-21(22)13-20)24(8-4-7-19-5-2-1-3-6-19)25-14-26(30)33-28-27(25)34-36-35-28/h1-3,5-6,9-10,13-15,18,24,29,31-32H,4,7-8,11-12,16-17H2,(H3,30,33,34,35,36)/b23-18+,29-15?. The molecular formula is C28H32N8. The third kappa shape index (κ3) is 5.44. The summed E-state index contributed by atoms with van der Waals surface area (Å²) in [4.78, 5) is 4.33. The highest BCUT2D eigenvalue weighted by molar-refractivity contribution is 5.83. The minimum atomic E-state index is -0.0637. The minimum absolute atomic E-state index is 0.0637. The number of nitrogens with zero attached hydrogens (tertiary/aromatic N) is 3. The van der Waals surface area contributed by atoms with Crippen molar-refractivity contribution in [2.24, 2.45) is 0 Å². The number of benzene rings is 2. The first-order chi connectivity index (χ1) is 17.7. The van der Waals surface area contributed by atoms with Crippen LogP contribution in [0.4, 0.5) is 5.82 Å². The number of nitrogens with one attached hydrogen (secondary N) is 4. The molecule has 4 aromatic rings. The van der Waals surface area contributed by atoms with E-state index < -0.39 is 0 Å². The van der Waals surface area contributed by atoms with E-state index in [1.165, 1.54) is 28.5 Å². The fourth-order valence-electron chi connectivity index (χ4n) is 4.98. The Morgan fingerprint density at radius 2 is 2.00 bits per heavy atom.